The van der Waals surface area contributed by atoms with Crippen molar-refractivity contribution >= 4 is 21.4 Å². The number of benzene rings is 1. The number of hydrogen-bond donors (Lipinski definition) is 0. The first kappa shape index (κ1) is 13.1. The molecule has 0 aliphatic heterocycles. The molecule has 2 rings (SSSR count). The summed E-state index contributed by atoms with van der Waals surface area (Å²) in [6.07, 6.45) is 1.48. The lowest BCUT2D eigenvalue weighted by molar-refractivity contribution is 0.591. The molecule has 0 atom stereocenters. The van der Waals surface area contributed by atoms with Crippen molar-refractivity contribution in [2.75, 3.05) is 0 Å². The summed E-state index contributed by atoms with van der Waals surface area (Å²) in [5.74, 6) is 0. The van der Waals surface area contributed by atoms with Crippen LogP contribution in [-0.4, -0.2) is 13.4 Å². The minimum absolute atomic E-state index is 0.0179. The molecule has 18 heavy (non-hydrogen) atoms. The first-order valence-corrected chi connectivity index (χ1v) is 7.22. The second-order valence-electron chi connectivity index (χ2n) is 4.00. The summed E-state index contributed by atoms with van der Waals surface area (Å²) >= 11 is 6.07. The molecule has 0 amide bonds. The average molecular weight is 282 g/mol. The molecule has 0 saturated heterocycles. The fraction of sp³-hybridized carbons (Fsp3) is 0.154. The van der Waals surface area contributed by atoms with Gasteiger partial charge in [-0.3, -0.25) is 0 Å². The van der Waals surface area contributed by atoms with Gasteiger partial charge in [-0.15, -0.1) is 0 Å². The van der Waals surface area contributed by atoms with Gasteiger partial charge in [0, 0.05) is 11.8 Å². The SMILES string of the molecule is Cc1cnc(S(=O)(=O)c2ccccc2)c(C)c1Cl. The maximum Gasteiger partial charge on any atom is 0.224 e. The fourth-order valence-corrected chi connectivity index (χ4v) is 3.31. The molecule has 0 unspecified atom stereocenters. The third-order valence-corrected chi connectivity index (χ3v) is 5.07. The van der Waals surface area contributed by atoms with E-state index in [-0.39, 0.29) is 9.92 Å². The predicted molar refractivity (Wildman–Crippen MR) is 70.6 cm³/mol. The largest absolute Gasteiger partial charge is 0.244 e. The number of halogens is 1. The van der Waals surface area contributed by atoms with E-state index >= 15 is 0 Å². The Morgan fingerprint density at radius 2 is 1.72 bits per heavy atom. The van der Waals surface area contributed by atoms with Crippen molar-refractivity contribution in [2.45, 2.75) is 23.8 Å². The monoisotopic (exact) mass is 281 g/mol. The van der Waals surface area contributed by atoms with Gasteiger partial charge in [0.25, 0.3) is 0 Å². The molecule has 3 nitrogen and oxygen atoms in total. The molecule has 1 aromatic heterocycles. The highest BCUT2D eigenvalue weighted by Crippen LogP contribution is 2.28. The van der Waals surface area contributed by atoms with E-state index in [4.69, 9.17) is 11.6 Å². The molecule has 0 spiro atoms. The Morgan fingerprint density at radius 1 is 1.11 bits per heavy atom. The molecular weight excluding hydrogens is 270 g/mol. The van der Waals surface area contributed by atoms with Crippen molar-refractivity contribution < 1.29 is 8.42 Å². The Kier molecular flexibility index (Phi) is 3.41. The lowest BCUT2D eigenvalue weighted by Gasteiger charge is -2.09. The Balaban J connectivity index is 2.67. The topological polar surface area (TPSA) is 47.0 Å². The van der Waals surface area contributed by atoms with Crippen LogP contribution in [0.25, 0.3) is 0 Å². The number of sulfone groups is 1. The van der Waals surface area contributed by atoms with Gasteiger partial charge in [0.2, 0.25) is 9.84 Å². The normalized spacial score (nSPS) is 11.5. The van der Waals surface area contributed by atoms with E-state index in [0.717, 1.165) is 5.56 Å². The van der Waals surface area contributed by atoms with Crippen molar-refractivity contribution in [1.29, 1.82) is 0 Å². The maximum atomic E-state index is 12.4. The second-order valence-corrected chi connectivity index (χ2v) is 6.24. The smallest absolute Gasteiger partial charge is 0.224 e. The van der Waals surface area contributed by atoms with Crippen molar-refractivity contribution in [3.05, 3.63) is 52.7 Å². The third kappa shape index (κ3) is 2.13. The van der Waals surface area contributed by atoms with Gasteiger partial charge in [0.05, 0.1) is 9.92 Å². The molecule has 0 N–H and O–H groups in total. The molecule has 0 aliphatic carbocycles. The van der Waals surface area contributed by atoms with E-state index in [1.807, 2.05) is 0 Å². The first-order chi connectivity index (χ1) is 8.44. The van der Waals surface area contributed by atoms with Crippen molar-refractivity contribution in [3.8, 4) is 0 Å². The van der Waals surface area contributed by atoms with Crippen molar-refractivity contribution in [1.82, 2.24) is 4.98 Å². The summed E-state index contributed by atoms with van der Waals surface area (Å²) in [5, 5.41) is 0.462. The summed E-state index contributed by atoms with van der Waals surface area (Å²) in [6, 6.07) is 8.21. The molecule has 0 radical (unpaired) electrons. The zero-order valence-corrected chi connectivity index (χ0v) is 11.6. The van der Waals surface area contributed by atoms with Crippen LogP contribution in [0.4, 0.5) is 0 Å². The summed E-state index contributed by atoms with van der Waals surface area (Å²) in [4.78, 5) is 4.24. The summed E-state index contributed by atoms with van der Waals surface area (Å²) < 4.78 is 24.8. The third-order valence-electron chi connectivity index (χ3n) is 2.68. The number of nitrogens with zero attached hydrogens (tertiary/aromatic N) is 1. The lowest BCUT2D eigenvalue weighted by atomic mass is 10.2. The van der Waals surface area contributed by atoms with Crippen LogP contribution in [0.1, 0.15) is 11.1 Å². The van der Waals surface area contributed by atoms with E-state index in [1.165, 1.54) is 6.20 Å². The molecule has 1 heterocycles. The summed E-state index contributed by atoms with van der Waals surface area (Å²) in [5.41, 5.74) is 1.25. The van der Waals surface area contributed by atoms with Crippen molar-refractivity contribution in [2.24, 2.45) is 0 Å². The molecular formula is C13H12ClNO2S. The highest BCUT2D eigenvalue weighted by atomic mass is 35.5. The lowest BCUT2D eigenvalue weighted by Crippen LogP contribution is -2.07. The van der Waals surface area contributed by atoms with E-state index < -0.39 is 9.84 Å². The Labute approximate surface area is 111 Å². The van der Waals surface area contributed by atoms with Gasteiger partial charge in [-0.2, -0.15) is 0 Å². The number of rotatable bonds is 2. The zero-order valence-electron chi connectivity index (χ0n) is 10.0. The van der Waals surface area contributed by atoms with E-state index in [2.05, 4.69) is 4.98 Å². The second kappa shape index (κ2) is 4.71. The van der Waals surface area contributed by atoms with Gasteiger partial charge in [-0.25, -0.2) is 13.4 Å². The average Bonchev–Trinajstić information content (AvgIpc) is 2.37. The van der Waals surface area contributed by atoms with Crippen LogP contribution in [0, 0.1) is 13.8 Å². The van der Waals surface area contributed by atoms with Crippen LogP contribution in [0.3, 0.4) is 0 Å². The highest BCUT2D eigenvalue weighted by Gasteiger charge is 2.23. The number of aryl methyl sites for hydroxylation is 1. The molecule has 0 fully saturated rings. The number of hydrogen-bond acceptors (Lipinski definition) is 3. The Morgan fingerprint density at radius 3 is 2.33 bits per heavy atom. The van der Waals surface area contributed by atoms with E-state index in [1.54, 1.807) is 44.2 Å². The van der Waals surface area contributed by atoms with Crippen LogP contribution in [0.5, 0.6) is 0 Å². The zero-order chi connectivity index (χ0) is 13.3. The van der Waals surface area contributed by atoms with Gasteiger partial charge in [-0.1, -0.05) is 29.8 Å². The summed E-state index contributed by atoms with van der Waals surface area (Å²) in [7, 11) is -3.60. The van der Waals surface area contributed by atoms with Gasteiger partial charge >= 0.3 is 0 Å². The van der Waals surface area contributed by atoms with Crippen LogP contribution in [0.2, 0.25) is 5.02 Å². The molecule has 5 heteroatoms. The quantitative estimate of drug-likeness (QED) is 0.849. The van der Waals surface area contributed by atoms with E-state index in [9.17, 15) is 8.42 Å². The Hall–Kier alpha value is -1.39. The molecule has 0 aliphatic rings. The minimum atomic E-state index is -3.60. The molecule has 1 aromatic carbocycles. The summed E-state index contributed by atoms with van der Waals surface area (Å²) in [6.45, 7) is 3.46. The van der Waals surface area contributed by atoms with Gasteiger partial charge < -0.3 is 0 Å². The van der Waals surface area contributed by atoms with Crippen LogP contribution >= 0.6 is 11.6 Å². The highest BCUT2D eigenvalue weighted by molar-refractivity contribution is 7.91. The van der Waals surface area contributed by atoms with Crippen LogP contribution in [-0.2, 0) is 9.84 Å². The fourth-order valence-electron chi connectivity index (χ4n) is 1.68. The standard InChI is InChI=1S/C13H12ClNO2S/c1-9-8-15-13(10(2)12(9)14)18(16,17)11-6-4-3-5-7-11/h3-8H,1-2H3. The van der Waals surface area contributed by atoms with Crippen LogP contribution < -0.4 is 0 Å². The molecule has 2 aromatic rings. The van der Waals surface area contributed by atoms with Crippen LogP contribution in [0.15, 0.2) is 46.5 Å². The molecule has 0 saturated carbocycles. The first-order valence-electron chi connectivity index (χ1n) is 5.36. The Bertz CT molecular complexity index is 682. The maximum absolute atomic E-state index is 12.4. The van der Waals surface area contributed by atoms with Crippen molar-refractivity contribution in [3.63, 3.8) is 0 Å². The minimum Gasteiger partial charge on any atom is -0.244 e. The molecule has 94 valence electrons. The van der Waals surface area contributed by atoms with Gasteiger partial charge in [0.1, 0.15) is 0 Å². The van der Waals surface area contributed by atoms with Gasteiger partial charge in [-0.05, 0) is 31.5 Å². The van der Waals surface area contributed by atoms with Gasteiger partial charge in [0.15, 0.2) is 5.03 Å². The number of pyridine rings is 1. The van der Waals surface area contributed by atoms with E-state index in [0.29, 0.717) is 10.6 Å². The molecule has 0 bridgehead atoms. The number of aromatic nitrogens is 1. The predicted octanol–water partition coefficient (Wildman–Crippen LogP) is 3.18.